The monoisotopic (exact) mass is 461 g/mol. The average molecular weight is 462 g/mol. The summed E-state index contributed by atoms with van der Waals surface area (Å²) < 4.78 is 14.0. The SMILES string of the molecule is CONc1cnc(Sc2nnc(-c3cccs3)n2Cc2cccc(OC)c2OC)s1. The largest absolute Gasteiger partial charge is 0.493 e. The van der Waals surface area contributed by atoms with Crippen molar-refractivity contribution in [3.63, 3.8) is 0 Å². The number of nitrogens with zero attached hydrogens (tertiary/aromatic N) is 4. The number of ether oxygens (including phenoxy) is 2. The van der Waals surface area contributed by atoms with Crippen LogP contribution in [0.5, 0.6) is 11.5 Å². The van der Waals surface area contributed by atoms with Crippen molar-refractivity contribution < 1.29 is 14.3 Å². The molecule has 30 heavy (non-hydrogen) atoms. The zero-order valence-corrected chi connectivity index (χ0v) is 18.9. The molecule has 3 aromatic heterocycles. The molecule has 8 nitrogen and oxygen atoms in total. The van der Waals surface area contributed by atoms with Gasteiger partial charge in [0.05, 0.1) is 38.9 Å². The number of methoxy groups -OCH3 is 2. The predicted octanol–water partition coefficient (Wildman–Crippen LogP) is 4.65. The fourth-order valence-electron chi connectivity index (χ4n) is 2.87. The Balaban J connectivity index is 1.72. The Morgan fingerprint density at radius 2 is 2.00 bits per heavy atom. The summed E-state index contributed by atoms with van der Waals surface area (Å²) in [4.78, 5) is 10.4. The van der Waals surface area contributed by atoms with Crippen LogP contribution in [0.1, 0.15) is 5.56 Å². The third-order valence-corrected chi connectivity index (χ3v) is 6.96. The second-order valence-electron chi connectivity index (χ2n) is 5.92. The summed E-state index contributed by atoms with van der Waals surface area (Å²) in [7, 11) is 4.84. The molecular formula is C19H19N5O3S3. The molecule has 0 saturated heterocycles. The number of thiophene rings is 1. The van der Waals surface area contributed by atoms with Crippen LogP contribution in [0, 0.1) is 0 Å². The molecule has 0 spiro atoms. The number of rotatable bonds is 9. The second-order valence-corrected chi connectivity index (χ2v) is 9.11. The quantitative estimate of drug-likeness (QED) is 0.361. The molecule has 0 aliphatic carbocycles. The van der Waals surface area contributed by atoms with E-state index in [9.17, 15) is 0 Å². The van der Waals surface area contributed by atoms with E-state index in [1.807, 2.05) is 35.7 Å². The second kappa shape index (κ2) is 9.47. The zero-order valence-electron chi connectivity index (χ0n) is 16.5. The van der Waals surface area contributed by atoms with E-state index in [0.29, 0.717) is 18.0 Å². The molecule has 0 amide bonds. The van der Waals surface area contributed by atoms with Gasteiger partial charge in [0, 0.05) is 5.56 Å². The van der Waals surface area contributed by atoms with E-state index in [1.165, 1.54) is 23.1 Å². The maximum atomic E-state index is 5.62. The number of hydrogen-bond donors (Lipinski definition) is 1. The van der Waals surface area contributed by atoms with Gasteiger partial charge < -0.3 is 9.47 Å². The first-order chi connectivity index (χ1) is 14.7. The highest BCUT2D eigenvalue weighted by Crippen LogP contribution is 2.37. The first kappa shape index (κ1) is 20.7. The Hall–Kier alpha value is -2.60. The smallest absolute Gasteiger partial charge is 0.198 e. The average Bonchev–Trinajstić information content (AvgIpc) is 3.51. The molecule has 4 aromatic rings. The number of hydrogen-bond acceptors (Lipinski definition) is 10. The van der Waals surface area contributed by atoms with E-state index in [-0.39, 0.29) is 0 Å². The van der Waals surface area contributed by atoms with Gasteiger partial charge in [0.15, 0.2) is 26.8 Å². The molecule has 1 N–H and O–H groups in total. The highest BCUT2D eigenvalue weighted by Gasteiger charge is 2.20. The lowest BCUT2D eigenvalue weighted by atomic mass is 10.2. The molecule has 0 bridgehead atoms. The van der Waals surface area contributed by atoms with Crippen LogP contribution in [0.4, 0.5) is 5.00 Å². The first-order valence-corrected chi connectivity index (χ1v) is 11.3. The van der Waals surface area contributed by atoms with Crippen LogP contribution in [0.2, 0.25) is 0 Å². The van der Waals surface area contributed by atoms with E-state index < -0.39 is 0 Å². The van der Waals surface area contributed by atoms with Crippen molar-refractivity contribution in [3.05, 3.63) is 47.5 Å². The molecule has 0 radical (unpaired) electrons. The molecular weight excluding hydrogens is 442 g/mol. The predicted molar refractivity (Wildman–Crippen MR) is 119 cm³/mol. The van der Waals surface area contributed by atoms with Gasteiger partial charge in [0.2, 0.25) is 0 Å². The molecule has 156 valence electrons. The van der Waals surface area contributed by atoms with Gasteiger partial charge in [0.25, 0.3) is 0 Å². The molecule has 4 rings (SSSR count). The van der Waals surface area contributed by atoms with Crippen molar-refractivity contribution in [1.29, 1.82) is 0 Å². The molecule has 0 saturated carbocycles. The number of anilines is 1. The van der Waals surface area contributed by atoms with Crippen LogP contribution in [0.15, 0.2) is 51.4 Å². The van der Waals surface area contributed by atoms with E-state index in [4.69, 9.17) is 14.3 Å². The van der Waals surface area contributed by atoms with Gasteiger partial charge in [-0.15, -0.1) is 21.5 Å². The van der Waals surface area contributed by atoms with Crippen LogP contribution in [0.3, 0.4) is 0 Å². The van der Waals surface area contributed by atoms with Gasteiger partial charge in [-0.1, -0.05) is 29.5 Å². The Labute approximate surface area is 185 Å². The van der Waals surface area contributed by atoms with Gasteiger partial charge >= 0.3 is 0 Å². The topological polar surface area (TPSA) is 83.3 Å². The number of aromatic nitrogens is 4. The summed E-state index contributed by atoms with van der Waals surface area (Å²) in [6.07, 6.45) is 1.72. The summed E-state index contributed by atoms with van der Waals surface area (Å²) in [5.74, 6) is 2.18. The summed E-state index contributed by atoms with van der Waals surface area (Å²) >= 11 is 4.56. The molecule has 0 fully saturated rings. The van der Waals surface area contributed by atoms with Gasteiger partial charge in [0.1, 0.15) is 5.00 Å². The van der Waals surface area contributed by atoms with E-state index in [0.717, 1.165) is 30.8 Å². The summed E-state index contributed by atoms with van der Waals surface area (Å²) in [6.45, 7) is 0.525. The molecule has 0 aliphatic rings. The van der Waals surface area contributed by atoms with Crippen LogP contribution in [0.25, 0.3) is 10.7 Å². The third-order valence-electron chi connectivity index (χ3n) is 4.14. The lowest BCUT2D eigenvalue weighted by Gasteiger charge is -2.14. The summed E-state index contributed by atoms with van der Waals surface area (Å²) in [6, 6.07) is 9.87. The summed E-state index contributed by atoms with van der Waals surface area (Å²) in [5, 5.41) is 12.5. The van der Waals surface area contributed by atoms with E-state index in [2.05, 4.69) is 25.2 Å². The van der Waals surface area contributed by atoms with Crippen LogP contribution < -0.4 is 15.0 Å². The normalized spacial score (nSPS) is 10.9. The van der Waals surface area contributed by atoms with Crippen molar-refractivity contribution >= 4 is 39.4 Å². The highest BCUT2D eigenvalue weighted by atomic mass is 32.2. The van der Waals surface area contributed by atoms with Crippen molar-refractivity contribution in [2.75, 3.05) is 26.8 Å². The Morgan fingerprint density at radius 1 is 1.10 bits per heavy atom. The van der Waals surface area contributed by atoms with E-state index >= 15 is 0 Å². The van der Waals surface area contributed by atoms with Crippen molar-refractivity contribution in [1.82, 2.24) is 19.7 Å². The minimum absolute atomic E-state index is 0.525. The minimum atomic E-state index is 0.525. The number of para-hydroxylation sites is 1. The Morgan fingerprint density at radius 3 is 2.73 bits per heavy atom. The molecule has 0 unspecified atom stereocenters. The standard InChI is InChI=1S/C19H19N5O3S3/c1-25-13-7-4-6-12(16(13)26-2)11-24-17(14-8-5-9-28-14)21-22-18(24)30-19-20-10-15(29-19)23-27-3/h4-10,23H,11H2,1-3H3. The van der Waals surface area contributed by atoms with Crippen LogP contribution >= 0.6 is 34.4 Å². The zero-order chi connectivity index (χ0) is 20.9. The van der Waals surface area contributed by atoms with Gasteiger partial charge in [-0.2, -0.15) is 0 Å². The fraction of sp³-hybridized carbons (Fsp3) is 0.211. The third kappa shape index (κ3) is 4.29. The lowest BCUT2D eigenvalue weighted by molar-refractivity contribution is 0.272. The molecule has 0 atom stereocenters. The summed E-state index contributed by atoms with van der Waals surface area (Å²) in [5.41, 5.74) is 3.76. The molecule has 11 heteroatoms. The number of thiazole rings is 1. The van der Waals surface area contributed by atoms with Crippen molar-refractivity contribution in [3.8, 4) is 22.2 Å². The fourth-order valence-corrected chi connectivity index (χ4v) is 5.38. The highest BCUT2D eigenvalue weighted by molar-refractivity contribution is 8.01. The van der Waals surface area contributed by atoms with E-state index in [1.54, 1.807) is 38.9 Å². The van der Waals surface area contributed by atoms with Gasteiger partial charge in [-0.3, -0.25) is 14.9 Å². The van der Waals surface area contributed by atoms with Crippen molar-refractivity contribution in [2.45, 2.75) is 16.0 Å². The first-order valence-electron chi connectivity index (χ1n) is 8.83. The van der Waals surface area contributed by atoms with Gasteiger partial charge in [-0.25, -0.2) is 4.98 Å². The molecule has 3 heterocycles. The van der Waals surface area contributed by atoms with Crippen molar-refractivity contribution in [2.24, 2.45) is 0 Å². The minimum Gasteiger partial charge on any atom is -0.493 e. The molecule has 1 aromatic carbocycles. The lowest BCUT2D eigenvalue weighted by Crippen LogP contribution is -2.06. The number of benzene rings is 1. The van der Waals surface area contributed by atoms with Crippen LogP contribution in [-0.4, -0.2) is 41.1 Å². The Kier molecular flexibility index (Phi) is 6.53. The van der Waals surface area contributed by atoms with Crippen LogP contribution in [-0.2, 0) is 11.4 Å². The van der Waals surface area contributed by atoms with Gasteiger partial charge in [-0.05, 0) is 29.3 Å². The number of nitrogens with one attached hydrogen (secondary N) is 1. The maximum Gasteiger partial charge on any atom is 0.198 e. The Bertz CT molecular complexity index is 1110. The molecule has 0 aliphatic heterocycles. The maximum absolute atomic E-state index is 5.62.